The van der Waals surface area contributed by atoms with Crippen LogP contribution in [0.2, 0.25) is 0 Å². The van der Waals surface area contributed by atoms with Gasteiger partial charge in [0.05, 0.1) is 4.47 Å². The summed E-state index contributed by atoms with van der Waals surface area (Å²) in [4.78, 5) is 0. The van der Waals surface area contributed by atoms with Gasteiger partial charge in [-0.2, -0.15) is 0 Å². The summed E-state index contributed by atoms with van der Waals surface area (Å²) < 4.78 is 13.7. The molecule has 0 saturated carbocycles. The van der Waals surface area contributed by atoms with Crippen molar-refractivity contribution in [1.29, 1.82) is 0 Å². The molecule has 4 nitrogen and oxygen atoms in total. The van der Waals surface area contributed by atoms with E-state index in [0.29, 0.717) is 17.4 Å². The molecule has 106 valence electrons. The van der Waals surface area contributed by atoms with Gasteiger partial charge >= 0.3 is 0 Å². The Hall–Kier alpha value is -1.30. The maximum Gasteiger partial charge on any atom is 0.144 e. The van der Waals surface area contributed by atoms with E-state index in [1.165, 1.54) is 6.07 Å². The van der Waals surface area contributed by atoms with E-state index >= 15 is 0 Å². The molecule has 4 N–H and O–H groups in total. The number of nitrogens with zero attached hydrogens (tertiary/aromatic N) is 1. The molecule has 0 aliphatic rings. The number of benzene rings is 1. The number of nitrogens with one attached hydrogen (secondary N) is 1. The van der Waals surface area contributed by atoms with Crippen molar-refractivity contribution >= 4 is 27.5 Å². The average molecular weight is 332 g/mol. The van der Waals surface area contributed by atoms with Gasteiger partial charge < -0.3 is 16.3 Å². The lowest BCUT2D eigenvalue weighted by atomic mass is 9.88. The van der Waals surface area contributed by atoms with Gasteiger partial charge in [0.2, 0.25) is 0 Å². The minimum Gasteiger partial charge on any atom is -0.409 e. The molecule has 1 aromatic rings. The van der Waals surface area contributed by atoms with Crippen LogP contribution in [0.25, 0.3) is 0 Å². The van der Waals surface area contributed by atoms with E-state index in [1.54, 1.807) is 6.07 Å². The van der Waals surface area contributed by atoms with Gasteiger partial charge in [0.1, 0.15) is 11.7 Å². The molecule has 0 spiro atoms. The highest BCUT2D eigenvalue weighted by atomic mass is 79.9. The fourth-order valence-electron chi connectivity index (χ4n) is 1.61. The summed E-state index contributed by atoms with van der Waals surface area (Å²) in [6.45, 7) is 6.28. The molecule has 0 amide bonds. The normalized spacial score (nSPS) is 12.6. The van der Waals surface area contributed by atoms with Crippen LogP contribution in [0, 0.1) is 18.2 Å². The van der Waals surface area contributed by atoms with Crippen LogP contribution in [0.5, 0.6) is 0 Å². The highest BCUT2D eigenvalue weighted by molar-refractivity contribution is 9.10. The molecule has 1 rings (SSSR count). The highest BCUT2D eigenvalue weighted by Crippen LogP contribution is 2.25. The third-order valence-electron chi connectivity index (χ3n) is 3.13. The molecule has 0 aliphatic carbocycles. The molecule has 0 heterocycles. The summed E-state index contributed by atoms with van der Waals surface area (Å²) >= 11 is 3.16. The first-order valence-corrected chi connectivity index (χ1v) is 6.75. The lowest BCUT2D eigenvalue weighted by Gasteiger charge is -2.23. The maximum atomic E-state index is 13.3. The number of halogens is 2. The number of anilines is 1. The average Bonchev–Trinajstić information content (AvgIpc) is 2.34. The van der Waals surface area contributed by atoms with E-state index < -0.39 is 5.41 Å². The molecule has 0 bridgehead atoms. The van der Waals surface area contributed by atoms with E-state index in [-0.39, 0.29) is 11.7 Å². The molecular weight excluding hydrogens is 313 g/mol. The monoisotopic (exact) mass is 331 g/mol. The van der Waals surface area contributed by atoms with Gasteiger partial charge in [0.15, 0.2) is 0 Å². The lowest BCUT2D eigenvalue weighted by molar-refractivity contribution is 0.306. The fourth-order valence-corrected chi connectivity index (χ4v) is 1.95. The summed E-state index contributed by atoms with van der Waals surface area (Å²) in [6, 6.07) is 3.18. The van der Waals surface area contributed by atoms with Crippen LogP contribution in [0.1, 0.15) is 25.8 Å². The topological polar surface area (TPSA) is 70.6 Å². The SMILES string of the molecule is Cc1cc(F)c(Br)cc1NCCC(C)(C)/C(N)=N/O. The van der Waals surface area contributed by atoms with Crippen LogP contribution in [-0.2, 0) is 0 Å². The predicted molar refractivity (Wildman–Crippen MR) is 79.1 cm³/mol. The zero-order valence-electron chi connectivity index (χ0n) is 11.3. The number of rotatable bonds is 5. The van der Waals surface area contributed by atoms with Crippen molar-refractivity contribution in [2.45, 2.75) is 27.2 Å². The zero-order valence-corrected chi connectivity index (χ0v) is 12.9. The minimum absolute atomic E-state index is 0.200. The van der Waals surface area contributed by atoms with Gasteiger partial charge in [0.25, 0.3) is 0 Å². The number of hydrogen-bond donors (Lipinski definition) is 3. The van der Waals surface area contributed by atoms with Crippen LogP contribution in [0.15, 0.2) is 21.8 Å². The first-order valence-electron chi connectivity index (χ1n) is 5.95. The summed E-state index contributed by atoms with van der Waals surface area (Å²) in [6.07, 6.45) is 0.692. The molecule has 0 saturated heterocycles. The molecule has 1 aromatic carbocycles. The van der Waals surface area contributed by atoms with Crippen LogP contribution < -0.4 is 11.1 Å². The number of amidine groups is 1. The second kappa shape index (κ2) is 6.23. The van der Waals surface area contributed by atoms with E-state index in [0.717, 1.165) is 11.3 Å². The molecule has 0 aromatic heterocycles. The third kappa shape index (κ3) is 4.09. The Morgan fingerprint density at radius 3 is 2.74 bits per heavy atom. The Morgan fingerprint density at radius 1 is 1.53 bits per heavy atom. The summed E-state index contributed by atoms with van der Waals surface area (Å²) in [5, 5.41) is 15.0. The van der Waals surface area contributed by atoms with Crippen LogP contribution >= 0.6 is 15.9 Å². The number of aryl methyl sites for hydroxylation is 1. The van der Waals surface area contributed by atoms with Gasteiger partial charge in [-0.1, -0.05) is 19.0 Å². The Labute approximate surface area is 121 Å². The van der Waals surface area contributed by atoms with E-state index in [2.05, 4.69) is 26.4 Å². The third-order valence-corrected chi connectivity index (χ3v) is 3.74. The second-order valence-electron chi connectivity index (χ2n) is 5.13. The van der Waals surface area contributed by atoms with E-state index in [9.17, 15) is 4.39 Å². The number of hydrogen-bond acceptors (Lipinski definition) is 3. The van der Waals surface area contributed by atoms with Gasteiger partial charge in [0, 0.05) is 17.6 Å². The molecule has 6 heteroatoms. The minimum atomic E-state index is -0.396. The van der Waals surface area contributed by atoms with E-state index in [4.69, 9.17) is 10.9 Å². The zero-order chi connectivity index (χ0) is 14.6. The number of oxime groups is 1. The molecule has 0 fully saturated rings. The summed E-state index contributed by atoms with van der Waals surface area (Å²) in [5.74, 6) is -0.0775. The lowest BCUT2D eigenvalue weighted by Crippen LogP contribution is -2.33. The Bertz CT molecular complexity index is 489. The van der Waals surface area contributed by atoms with Crippen molar-refractivity contribution in [3.8, 4) is 0 Å². The van der Waals surface area contributed by atoms with Crippen LogP contribution in [0.3, 0.4) is 0 Å². The predicted octanol–water partition coefficient (Wildman–Crippen LogP) is 3.47. The van der Waals surface area contributed by atoms with Gasteiger partial charge in [-0.05, 0) is 47.0 Å². The van der Waals surface area contributed by atoms with Crippen molar-refractivity contribution in [3.05, 3.63) is 28.0 Å². The standard InChI is InChI=1S/C13H19BrFN3O/c1-8-6-10(15)9(14)7-11(8)17-5-4-13(2,3)12(16)18-19/h6-7,17,19H,4-5H2,1-3H3,(H2,16,18). The Morgan fingerprint density at radius 2 is 2.16 bits per heavy atom. The molecule has 0 aliphatic heterocycles. The van der Waals surface area contributed by atoms with Gasteiger partial charge in [-0.25, -0.2) is 4.39 Å². The van der Waals surface area contributed by atoms with Crippen molar-refractivity contribution in [2.75, 3.05) is 11.9 Å². The van der Waals surface area contributed by atoms with Gasteiger partial charge in [-0.3, -0.25) is 0 Å². The second-order valence-corrected chi connectivity index (χ2v) is 5.98. The molecule has 0 unspecified atom stereocenters. The molecule has 0 radical (unpaired) electrons. The molecule has 0 atom stereocenters. The maximum absolute atomic E-state index is 13.3. The Balaban J connectivity index is 2.66. The summed E-state index contributed by atoms with van der Waals surface area (Å²) in [7, 11) is 0. The first-order chi connectivity index (χ1) is 8.77. The van der Waals surface area contributed by atoms with Crippen molar-refractivity contribution in [3.63, 3.8) is 0 Å². The van der Waals surface area contributed by atoms with Crippen molar-refractivity contribution in [2.24, 2.45) is 16.3 Å². The summed E-state index contributed by atoms with van der Waals surface area (Å²) in [5.41, 5.74) is 6.92. The molecular formula is C13H19BrFN3O. The number of nitrogens with two attached hydrogens (primary N) is 1. The fraction of sp³-hybridized carbons (Fsp3) is 0.462. The van der Waals surface area contributed by atoms with Gasteiger partial charge in [-0.15, -0.1) is 0 Å². The van der Waals surface area contributed by atoms with Crippen LogP contribution in [-0.4, -0.2) is 17.6 Å². The quantitative estimate of drug-likeness (QED) is 0.335. The largest absolute Gasteiger partial charge is 0.409 e. The highest BCUT2D eigenvalue weighted by Gasteiger charge is 2.23. The Kier molecular flexibility index (Phi) is 5.17. The smallest absolute Gasteiger partial charge is 0.144 e. The molecule has 19 heavy (non-hydrogen) atoms. The van der Waals surface area contributed by atoms with Crippen molar-refractivity contribution < 1.29 is 9.60 Å². The van der Waals surface area contributed by atoms with Crippen molar-refractivity contribution in [1.82, 2.24) is 0 Å². The van der Waals surface area contributed by atoms with Crippen LogP contribution in [0.4, 0.5) is 10.1 Å². The van der Waals surface area contributed by atoms with E-state index in [1.807, 2.05) is 20.8 Å². The first kappa shape index (κ1) is 15.8.